The molecule has 2 aromatic carbocycles. The summed E-state index contributed by atoms with van der Waals surface area (Å²) in [5.74, 6) is 1.52. The molecule has 0 amide bonds. The number of benzene rings is 2. The van der Waals surface area contributed by atoms with Crippen LogP contribution in [0.25, 0.3) is 0 Å². The molecule has 0 saturated carbocycles. The highest BCUT2D eigenvalue weighted by molar-refractivity contribution is 5.27. The van der Waals surface area contributed by atoms with Crippen LogP contribution in [0.1, 0.15) is 71.8 Å². The largest absolute Gasteiger partial charge is 0.494 e. The Kier molecular flexibility index (Phi) is 17.0. The third-order valence-electron chi connectivity index (χ3n) is 3.84. The minimum atomic E-state index is -0.221. The van der Waals surface area contributed by atoms with Crippen LogP contribution in [-0.4, -0.2) is 13.2 Å². The topological polar surface area (TPSA) is 18.5 Å². The molecule has 0 saturated heterocycles. The first-order chi connectivity index (χ1) is 13.7. The summed E-state index contributed by atoms with van der Waals surface area (Å²) >= 11 is 0. The van der Waals surface area contributed by atoms with Crippen LogP contribution in [0, 0.1) is 12.7 Å². The van der Waals surface area contributed by atoms with Crippen LogP contribution < -0.4 is 9.47 Å². The lowest BCUT2D eigenvalue weighted by Gasteiger charge is -2.05. The molecule has 28 heavy (non-hydrogen) atoms. The normalized spacial score (nSPS) is 9.50. The van der Waals surface area contributed by atoms with Crippen molar-refractivity contribution in [2.45, 2.75) is 73.1 Å². The van der Waals surface area contributed by atoms with Gasteiger partial charge in [-0.15, -0.1) is 0 Å². The van der Waals surface area contributed by atoms with Crippen molar-refractivity contribution >= 4 is 0 Å². The van der Waals surface area contributed by atoms with Gasteiger partial charge in [-0.25, -0.2) is 4.39 Å². The smallest absolute Gasteiger partial charge is 0.123 e. The van der Waals surface area contributed by atoms with Crippen LogP contribution in [0.4, 0.5) is 4.39 Å². The van der Waals surface area contributed by atoms with Crippen LogP contribution >= 0.6 is 0 Å². The van der Waals surface area contributed by atoms with Gasteiger partial charge in [-0.05, 0) is 61.7 Å². The van der Waals surface area contributed by atoms with E-state index in [0.717, 1.165) is 37.6 Å². The Bertz CT molecular complexity index is 581. The van der Waals surface area contributed by atoms with Crippen LogP contribution in [0.15, 0.2) is 48.5 Å². The summed E-state index contributed by atoms with van der Waals surface area (Å²) in [4.78, 5) is 0. The fourth-order valence-corrected chi connectivity index (χ4v) is 2.32. The van der Waals surface area contributed by atoms with E-state index < -0.39 is 0 Å². The standard InChI is InChI=1S/C12H18O.C11H15FO.C2H6/c1-3-4-5-9-13-12-8-6-7-11(2)10-12;1-2-3-4-9-13-11-7-5-10(12)6-8-11;1-2/h6-8,10H,3-5,9H2,1-2H3;5-8H,2-4,9H2,1H3;1-2H3. The van der Waals surface area contributed by atoms with Gasteiger partial charge in [0.25, 0.3) is 0 Å². The van der Waals surface area contributed by atoms with E-state index in [9.17, 15) is 4.39 Å². The summed E-state index contributed by atoms with van der Waals surface area (Å²) in [6.45, 7) is 12.0. The molecule has 158 valence electrons. The van der Waals surface area contributed by atoms with E-state index >= 15 is 0 Å². The molecule has 0 aliphatic heterocycles. The molecular formula is C25H39FO2. The summed E-state index contributed by atoms with van der Waals surface area (Å²) in [6.07, 6.45) is 7.09. The Morgan fingerprint density at radius 2 is 1.25 bits per heavy atom. The zero-order valence-electron chi connectivity index (χ0n) is 18.5. The molecule has 0 radical (unpaired) electrons. The summed E-state index contributed by atoms with van der Waals surface area (Å²) in [5.41, 5.74) is 1.26. The van der Waals surface area contributed by atoms with Crippen molar-refractivity contribution in [3.63, 3.8) is 0 Å². The molecule has 0 unspecified atom stereocenters. The van der Waals surface area contributed by atoms with E-state index in [1.165, 1.54) is 43.4 Å². The molecular weight excluding hydrogens is 351 g/mol. The Morgan fingerprint density at radius 3 is 1.75 bits per heavy atom. The highest BCUT2D eigenvalue weighted by Crippen LogP contribution is 2.13. The van der Waals surface area contributed by atoms with Crippen molar-refractivity contribution in [2.75, 3.05) is 13.2 Å². The molecule has 0 aliphatic rings. The maximum Gasteiger partial charge on any atom is 0.123 e. The average molecular weight is 391 g/mol. The van der Waals surface area contributed by atoms with E-state index in [0.29, 0.717) is 0 Å². The summed E-state index contributed by atoms with van der Waals surface area (Å²) in [6, 6.07) is 14.3. The maximum atomic E-state index is 12.5. The Labute approximate surface area is 172 Å². The Hall–Kier alpha value is -2.03. The zero-order valence-corrected chi connectivity index (χ0v) is 18.5. The molecule has 2 nitrogen and oxygen atoms in total. The van der Waals surface area contributed by atoms with Crippen molar-refractivity contribution in [1.29, 1.82) is 0 Å². The fourth-order valence-electron chi connectivity index (χ4n) is 2.32. The number of rotatable bonds is 10. The van der Waals surface area contributed by atoms with Crippen molar-refractivity contribution in [3.8, 4) is 11.5 Å². The van der Waals surface area contributed by atoms with E-state index in [-0.39, 0.29) is 5.82 Å². The van der Waals surface area contributed by atoms with Gasteiger partial charge in [-0.3, -0.25) is 0 Å². The average Bonchev–Trinajstić information content (AvgIpc) is 2.72. The van der Waals surface area contributed by atoms with Crippen molar-refractivity contribution in [1.82, 2.24) is 0 Å². The molecule has 0 atom stereocenters. The van der Waals surface area contributed by atoms with E-state index in [1.807, 2.05) is 26.0 Å². The number of aryl methyl sites for hydroxylation is 1. The summed E-state index contributed by atoms with van der Waals surface area (Å²) in [7, 11) is 0. The number of hydrogen-bond donors (Lipinski definition) is 0. The first kappa shape index (κ1) is 26.0. The van der Waals surface area contributed by atoms with Gasteiger partial charge in [0.1, 0.15) is 17.3 Å². The minimum Gasteiger partial charge on any atom is -0.494 e. The predicted molar refractivity (Wildman–Crippen MR) is 119 cm³/mol. The van der Waals surface area contributed by atoms with Crippen LogP contribution in [0.3, 0.4) is 0 Å². The number of ether oxygens (including phenoxy) is 2. The minimum absolute atomic E-state index is 0.221. The van der Waals surface area contributed by atoms with Gasteiger partial charge in [0.05, 0.1) is 13.2 Å². The van der Waals surface area contributed by atoms with Crippen LogP contribution in [0.5, 0.6) is 11.5 Å². The number of hydrogen-bond acceptors (Lipinski definition) is 2. The number of unbranched alkanes of at least 4 members (excludes halogenated alkanes) is 4. The van der Waals surface area contributed by atoms with Gasteiger partial charge < -0.3 is 9.47 Å². The molecule has 0 aromatic heterocycles. The molecule has 0 bridgehead atoms. The lowest BCUT2D eigenvalue weighted by Crippen LogP contribution is -1.96. The Balaban J connectivity index is 0.000000478. The highest BCUT2D eigenvalue weighted by Gasteiger charge is 1.94. The quantitative estimate of drug-likeness (QED) is 0.383. The molecule has 2 aromatic rings. The molecule has 0 N–H and O–H groups in total. The SMILES string of the molecule is CC.CCCCCOc1ccc(F)cc1.CCCCCOc1cccc(C)c1. The van der Waals surface area contributed by atoms with E-state index in [2.05, 4.69) is 32.9 Å². The molecule has 0 fully saturated rings. The third kappa shape index (κ3) is 14.1. The van der Waals surface area contributed by atoms with E-state index in [1.54, 1.807) is 12.1 Å². The van der Waals surface area contributed by atoms with Gasteiger partial charge in [0, 0.05) is 0 Å². The molecule has 0 aliphatic carbocycles. The second-order valence-corrected chi connectivity index (χ2v) is 6.38. The van der Waals surface area contributed by atoms with Crippen LogP contribution in [0.2, 0.25) is 0 Å². The monoisotopic (exact) mass is 390 g/mol. The number of halogens is 1. The maximum absolute atomic E-state index is 12.5. The van der Waals surface area contributed by atoms with Crippen molar-refractivity contribution < 1.29 is 13.9 Å². The lowest BCUT2D eigenvalue weighted by atomic mass is 10.2. The second kappa shape index (κ2) is 18.3. The van der Waals surface area contributed by atoms with Gasteiger partial charge >= 0.3 is 0 Å². The molecule has 3 heteroatoms. The molecule has 0 spiro atoms. The predicted octanol–water partition coefficient (Wildman–Crippen LogP) is 7.98. The lowest BCUT2D eigenvalue weighted by molar-refractivity contribution is 0.306. The molecule has 2 rings (SSSR count). The van der Waals surface area contributed by atoms with Gasteiger partial charge in [0.15, 0.2) is 0 Å². The van der Waals surface area contributed by atoms with Gasteiger partial charge in [0.2, 0.25) is 0 Å². The third-order valence-corrected chi connectivity index (χ3v) is 3.84. The summed E-state index contributed by atoms with van der Waals surface area (Å²) < 4.78 is 23.5. The first-order valence-corrected chi connectivity index (χ1v) is 10.7. The van der Waals surface area contributed by atoms with Crippen molar-refractivity contribution in [2.24, 2.45) is 0 Å². The Morgan fingerprint density at radius 1 is 0.714 bits per heavy atom. The molecule has 0 heterocycles. The first-order valence-electron chi connectivity index (χ1n) is 10.7. The summed E-state index contributed by atoms with van der Waals surface area (Å²) in [5, 5.41) is 0. The van der Waals surface area contributed by atoms with Crippen molar-refractivity contribution in [3.05, 3.63) is 59.9 Å². The van der Waals surface area contributed by atoms with Gasteiger partial charge in [-0.1, -0.05) is 65.5 Å². The highest BCUT2D eigenvalue weighted by atomic mass is 19.1. The fraction of sp³-hybridized carbons (Fsp3) is 0.520. The van der Waals surface area contributed by atoms with E-state index in [4.69, 9.17) is 9.47 Å². The van der Waals surface area contributed by atoms with Gasteiger partial charge in [-0.2, -0.15) is 0 Å². The second-order valence-electron chi connectivity index (χ2n) is 6.38. The van der Waals surface area contributed by atoms with Crippen LogP contribution in [-0.2, 0) is 0 Å². The zero-order chi connectivity index (χ0) is 21.0.